The van der Waals surface area contributed by atoms with Crippen LogP contribution >= 0.6 is 0 Å². The van der Waals surface area contributed by atoms with Crippen LogP contribution in [0.4, 0.5) is 0 Å². The molecule has 19 heavy (non-hydrogen) atoms. The van der Waals surface area contributed by atoms with Crippen LogP contribution in [0.25, 0.3) is 22.8 Å². The van der Waals surface area contributed by atoms with E-state index in [1.807, 2.05) is 13.0 Å². The molecule has 94 valence electrons. The number of rotatable bonds is 2. The summed E-state index contributed by atoms with van der Waals surface area (Å²) in [6.45, 7) is 1.95. The smallest absolute Gasteiger partial charge is 0.261 e. The standard InChI is InChI=1S/C14H11N3O2/c1-9-6-7-15-8-11(9)13-16-14(19-17-13)10-4-2-3-5-12(10)18/h2-8,18H,1H3. The first-order valence-electron chi connectivity index (χ1n) is 5.79. The van der Waals surface area contributed by atoms with Crippen molar-refractivity contribution in [2.75, 3.05) is 0 Å². The predicted octanol–water partition coefficient (Wildman–Crippen LogP) is 2.81. The van der Waals surface area contributed by atoms with Crippen LogP contribution in [-0.4, -0.2) is 20.2 Å². The van der Waals surface area contributed by atoms with Crippen molar-refractivity contribution >= 4 is 0 Å². The number of aryl methyl sites for hydroxylation is 1. The highest BCUT2D eigenvalue weighted by Gasteiger charge is 2.14. The van der Waals surface area contributed by atoms with E-state index in [0.717, 1.165) is 11.1 Å². The zero-order valence-electron chi connectivity index (χ0n) is 10.2. The normalized spacial score (nSPS) is 10.6. The molecule has 0 saturated heterocycles. The van der Waals surface area contributed by atoms with Crippen molar-refractivity contribution in [2.24, 2.45) is 0 Å². The summed E-state index contributed by atoms with van der Waals surface area (Å²) in [6, 6.07) is 8.72. The van der Waals surface area contributed by atoms with Crippen molar-refractivity contribution in [3.05, 3.63) is 48.3 Å². The second kappa shape index (κ2) is 4.53. The first-order chi connectivity index (χ1) is 9.25. The summed E-state index contributed by atoms with van der Waals surface area (Å²) in [5.74, 6) is 0.862. The SMILES string of the molecule is Cc1ccncc1-c1noc(-c2ccccc2O)n1. The fourth-order valence-corrected chi connectivity index (χ4v) is 1.79. The minimum absolute atomic E-state index is 0.112. The van der Waals surface area contributed by atoms with Gasteiger partial charge in [0.25, 0.3) is 5.89 Å². The molecule has 2 aromatic heterocycles. The maximum atomic E-state index is 9.76. The van der Waals surface area contributed by atoms with Gasteiger partial charge in [-0.3, -0.25) is 4.98 Å². The van der Waals surface area contributed by atoms with Gasteiger partial charge in [-0.1, -0.05) is 17.3 Å². The average molecular weight is 253 g/mol. The third-order valence-corrected chi connectivity index (χ3v) is 2.84. The fraction of sp³-hybridized carbons (Fsp3) is 0.0714. The topological polar surface area (TPSA) is 72.0 Å². The number of hydrogen-bond donors (Lipinski definition) is 1. The van der Waals surface area contributed by atoms with E-state index in [1.54, 1.807) is 36.7 Å². The lowest BCUT2D eigenvalue weighted by Crippen LogP contribution is -1.86. The third kappa shape index (κ3) is 2.06. The minimum Gasteiger partial charge on any atom is -0.507 e. The zero-order valence-corrected chi connectivity index (χ0v) is 10.2. The lowest BCUT2D eigenvalue weighted by Gasteiger charge is -1.98. The van der Waals surface area contributed by atoms with Crippen LogP contribution in [0.1, 0.15) is 5.56 Å². The average Bonchev–Trinajstić information content (AvgIpc) is 2.89. The maximum absolute atomic E-state index is 9.76. The summed E-state index contributed by atoms with van der Waals surface area (Å²) in [5, 5.41) is 13.7. The molecule has 0 bridgehead atoms. The van der Waals surface area contributed by atoms with E-state index in [1.165, 1.54) is 0 Å². The van der Waals surface area contributed by atoms with Gasteiger partial charge in [0.05, 0.1) is 5.56 Å². The molecule has 0 atom stereocenters. The molecule has 0 unspecified atom stereocenters. The van der Waals surface area contributed by atoms with E-state index in [-0.39, 0.29) is 11.6 Å². The first kappa shape index (κ1) is 11.4. The van der Waals surface area contributed by atoms with Crippen LogP contribution in [-0.2, 0) is 0 Å². The van der Waals surface area contributed by atoms with E-state index in [2.05, 4.69) is 15.1 Å². The minimum atomic E-state index is 0.112. The summed E-state index contributed by atoms with van der Waals surface area (Å²) in [5.41, 5.74) is 2.34. The predicted molar refractivity (Wildman–Crippen MR) is 69.4 cm³/mol. The van der Waals surface area contributed by atoms with E-state index in [9.17, 15) is 5.11 Å². The van der Waals surface area contributed by atoms with E-state index < -0.39 is 0 Å². The van der Waals surface area contributed by atoms with Crippen LogP contribution in [0, 0.1) is 6.92 Å². The van der Waals surface area contributed by atoms with E-state index in [0.29, 0.717) is 11.4 Å². The van der Waals surface area contributed by atoms with Gasteiger partial charge in [-0.2, -0.15) is 4.98 Å². The molecule has 3 rings (SSSR count). The van der Waals surface area contributed by atoms with Gasteiger partial charge >= 0.3 is 0 Å². The first-order valence-corrected chi connectivity index (χ1v) is 5.79. The van der Waals surface area contributed by atoms with Crippen LogP contribution in [0.2, 0.25) is 0 Å². The van der Waals surface area contributed by atoms with Crippen molar-refractivity contribution < 1.29 is 9.63 Å². The Morgan fingerprint density at radius 1 is 1.11 bits per heavy atom. The summed E-state index contributed by atoms with van der Waals surface area (Å²) in [4.78, 5) is 8.35. The van der Waals surface area contributed by atoms with Crippen LogP contribution in [0.5, 0.6) is 5.75 Å². The van der Waals surface area contributed by atoms with Crippen LogP contribution in [0.15, 0.2) is 47.2 Å². The third-order valence-electron chi connectivity index (χ3n) is 2.84. The molecule has 0 aliphatic rings. The lowest BCUT2D eigenvalue weighted by atomic mass is 10.1. The molecule has 5 nitrogen and oxygen atoms in total. The van der Waals surface area contributed by atoms with Gasteiger partial charge in [0.1, 0.15) is 5.75 Å². The van der Waals surface area contributed by atoms with Crippen LogP contribution < -0.4 is 0 Å². The van der Waals surface area contributed by atoms with Crippen molar-refractivity contribution in [3.8, 4) is 28.6 Å². The van der Waals surface area contributed by atoms with Gasteiger partial charge in [-0.15, -0.1) is 0 Å². The molecule has 0 aliphatic carbocycles. The summed E-state index contributed by atoms with van der Waals surface area (Å²) < 4.78 is 5.19. The second-order valence-electron chi connectivity index (χ2n) is 4.13. The number of aromatic hydroxyl groups is 1. The molecule has 1 aromatic carbocycles. The number of phenolic OH excluding ortho intramolecular Hbond substituents is 1. The molecule has 2 heterocycles. The number of phenols is 1. The Balaban J connectivity index is 2.06. The van der Waals surface area contributed by atoms with Gasteiger partial charge in [0.15, 0.2) is 0 Å². The Kier molecular flexibility index (Phi) is 2.72. The van der Waals surface area contributed by atoms with Crippen molar-refractivity contribution in [3.63, 3.8) is 0 Å². The number of para-hydroxylation sites is 1. The molecular weight excluding hydrogens is 242 g/mol. The second-order valence-corrected chi connectivity index (χ2v) is 4.13. The molecule has 3 aromatic rings. The molecule has 0 amide bonds. The Bertz CT molecular complexity index is 662. The monoisotopic (exact) mass is 253 g/mol. The summed E-state index contributed by atoms with van der Waals surface area (Å²) in [6.07, 6.45) is 3.40. The Morgan fingerprint density at radius 2 is 1.95 bits per heavy atom. The quantitative estimate of drug-likeness (QED) is 0.760. The largest absolute Gasteiger partial charge is 0.507 e. The van der Waals surface area contributed by atoms with Crippen molar-refractivity contribution in [2.45, 2.75) is 6.92 Å². The lowest BCUT2D eigenvalue weighted by molar-refractivity contribution is 0.425. The molecule has 0 fully saturated rings. The summed E-state index contributed by atoms with van der Waals surface area (Å²) in [7, 11) is 0. The number of hydrogen-bond acceptors (Lipinski definition) is 5. The number of nitrogens with zero attached hydrogens (tertiary/aromatic N) is 3. The maximum Gasteiger partial charge on any atom is 0.261 e. The van der Waals surface area contributed by atoms with Gasteiger partial charge in [0, 0.05) is 18.0 Å². The highest BCUT2D eigenvalue weighted by Crippen LogP contribution is 2.29. The molecule has 0 saturated carbocycles. The van der Waals surface area contributed by atoms with E-state index in [4.69, 9.17) is 4.52 Å². The Labute approximate surface area is 109 Å². The highest BCUT2D eigenvalue weighted by molar-refractivity contribution is 5.65. The molecule has 0 aliphatic heterocycles. The molecular formula is C14H11N3O2. The zero-order chi connectivity index (χ0) is 13.2. The molecule has 1 N–H and O–H groups in total. The molecule has 0 radical (unpaired) electrons. The highest BCUT2D eigenvalue weighted by atomic mass is 16.5. The summed E-state index contributed by atoms with van der Waals surface area (Å²) >= 11 is 0. The number of benzene rings is 1. The number of pyridine rings is 1. The Hall–Kier alpha value is -2.69. The van der Waals surface area contributed by atoms with Gasteiger partial charge in [-0.25, -0.2) is 0 Å². The van der Waals surface area contributed by atoms with Crippen LogP contribution in [0.3, 0.4) is 0 Å². The van der Waals surface area contributed by atoms with E-state index >= 15 is 0 Å². The molecule has 0 spiro atoms. The Morgan fingerprint density at radius 3 is 2.74 bits per heavy atom. The fourth-order valence-electron chi connectivity index (χ4n) is 1.79. The van der Waals surface area contributed by atoms with Crippen molar-refractivity contribution in [1.82, 2.24) is 15.1 Å². The number of aromatic nitrogens is 3. The van der Waals surface area contributed by atoms with Gasteiger partial charge in [-0.05, 0) is 30.7 Å². The van der Waals surface area contributed by atoms with Gasteiger partial charge in [0.2, 0.25) is 5.82 Å². The van der Waals surface area contributed by atoms with Crippen molar-refractivity contribution in [1.29, 1.82) is 0 Å². The van der Waals surface area contributed by atoms with Gasteiger partial charge < -0.3 is 9.63 Å². The molecule has 5 heteroatoms.